The third-order valence-corrected chi connectivity index (χ3v) is 4.18. The molecule has 0 aliphatic carbocycles. The number of rotatable bonds is 6. The molecule has 0 radical (unpaired) electrons. The summed E-state index contributed by atoms with van der Waals surface area (Å²) >= 11 is 6.09. The molecule has 1 atom stereocenters. The van der Waals surface area contributed by atoms with E-state index in [1.807, 2.05) is 25.1 Å². The van der Waals surface area contributed by atoms with Crippen molar-refractivity contribution < 1.29 is 14.3 Å². The minimum absolute atomic E-state index is 0.238. The number of anilines is 1. The van der Waals surface area contributed by atoms with Gasteiger partial charge in [-0.05, 0) is 55.2 Å². The lowest BCUT2D eigenvalue weighted by atomic mass is 10.0. The highest BCUT2D eigenvalue weighted by Crippen LogP contribution is 2.29. The standard InChI is InChI=1S/C20H24ClNO3/c1-12(2)16-8-6-13(3)10-19(16)25-14(4)20(23)22-15-7-9-18(24-5)17(21)11-15/h6-12,14H,1-5H3,(H,22,23). The van der Waals surface area contributed by atoms with Gasteiger partial charge in [0, 0.05) is 5.69 Å². The van der Waals surface area contributed by atoms with Gasteiger partial charge < -0.3 is 14.8 Å². The predicted molar refractivity (Wildman–Crippen MR) is 102 cm³/mol. The highest BCUT2D eigenvalue weighted by molar-refractivity contribution is 6.32. The van der Waals surface area contributed by atoms with Crippen molar-refractivity contribution in [1.29, 1.82) is 0 Å². The summed E-state index contributed by atoms with van der Waals surface area (Å²) in [6, 6.07) is 11.2. The lowest BCUT2D eigenvalue weighted by Crippen LogP contribution is -2.30. The highest BCUT2D eigenvalue weighted by Gasteiger charge is 2.18. The maximum Gasteiger partial charge on any atom is 0.265 e. The first-order chi connectivity index (χ1) is 11.8. The summed E-state index contributed by atoms with van der Waals surface area (Å²) in [6.45, 7) is 7.93. The number of amides is 1. The van der Waals surface area contributed by atoms with E-state index in [0.29, 0.717) is 22.4 Å². The first kappa shape index (κ1) is 19.1. The lowest BCUT2D eigenvalue weighted by Gasteiger charge is -2.19. The molecule has 0 fully saturated rings. The van der Waals surface area contributed by atoms with E-state index < -0.39 is 6.10 Å². The van der Waals surface area contributed by atoms with Gasteiger partial charge in [-0.1, -0.05) is 37.6 Å². The van der Waals surface area contributed by atoms with Gasteiger partial charge >= 0.3 is 0 Å². The maximum absolute atomic E-state index is 12.4. The molecule has 0 aromatic heterocycles. The minimum atomic E-state index is -0.639. The number of benzene rings is 2. The van der Waals surface area contributed by atoms with Crippen LogP contribution in [-0.4, -0.2) is 19.1 Å². The van der Waals surface area contributed by atoms with Gasteiger partial charge in [0.1, 0.15) is 11.5 Å². The Hall–Kier alpha value is -2.20. The molecule has 1 unspecified atom stereocenters. The van der Waals surface area contributed by atoms with Crippen molar-refractivity contribution in [3.05, 3.63) is 52.5 Å². The molecular formula is C20H24ClNO3. The van der Waals surface area contributed by atoms with Crippen molar-refractivity contribution in [1.82, 2.24) is 0 Å². The zero-order valence-electron chi connectivity index (χ0n) is 15.2. The van der Waals surface area contributed by atoms with E-state index in [1.165, 1.54) is 0 Å². The molecule has 0 bridgehead atoms. The Kier molecular flexibility index (Phi) is 6.32. The molecule has 2 rings (SSSR count). The fourth-order valence-electron chi connectivity index (χ4n) is 2.45. The number of carbonyl (C=O) groups excluding carboxylic acids is 1. The van der Waals surface area contributed by atoms with Crippen molar-refractivity contribution in [3.63, 3.8) is 0 Å². The molecule has 5 heteroatoms. The zero-order valence-corrected chi connectivity index (χ0v) is 16.0. The van der Waals surface area contributed by atoms with E-state index in [-0.39, 0.29) is 5.91 Å². The van der Waals surface area contributed by atoms with Crippen molar-refractivity contribution >= 4 is 23.2 Å². The van der Waals surface area contributed by atoms with Crippen molar-refractivity contribution in [2.45, 2.75) is 39.7 Å². The minimum Gasteiger partial charge on any atom is -0.495 e. The first-order valence-electron chi connectivity index (χ1n) is 8.23. The van der Waals surface area contributed by atoms with Crippen LogP contribution in [0.3, 0.4) is 0 Å². The molecule has 0 aliphatic heterocycles. The Morgan fingerprint density at radius 3 is 2.40 bits per heavy atom. The number of aryl methyl sites for hydroxylation is 1. The molecule has 0 spiro atoms. The van der Waals surface area contributed by atoms with Crippen LogP contribution in [-0.2, 0) is 4.79 Å². The second kappa shape index (κ2) is 8.26. The molecule has 4 nitrogen and oxygen atoms in total. The molecule has 134 valence electrons. The van der Waals surface area contributed by atoms with Crippen LogP contribution in [0.15, 0.2) is 36.4 Å². The lowest BCUT2D eigenvalue weighted by molar-refractivity contribution is -0.122. The molecule has 0 heterocycles. The molecule has 0 saturated heterocycles. The fourth-order valence-corrected chi connectivity index (χ4v) is 2.71. The number of hydrogen-bond donors (Lipinski definition) is 1. The van der Waals surface area contributed by atoms with Crippen molar-refractivity contribution in [2.24, 2.45) is 0 Å². The Balaban J connectivity index is 2.11. The topological polar surface area (TPSA) is 47.6 Å². The largest absolute Gasteiger partial charge is 0.495 e. The van der Waals surface area contributed by atoms with Crippen LogP contribution in [0.2, 0.25) is 5.02 Å². The van der Waals surface area contributed by atoms with Crippen LogP contribution in [0.5, 0.6) is 11.5 Å². The van der Waals surface area contributed by atoms with Gasteiger partial charge in [-0.2, -0.15) is 0 Å². The summed E-state index contributed by atoms with van der Waals surface area (Å²) in [5.74, 6) is 1.37. The zero-order chi connectivity index (χ0) is 18.6. The summed E-state index contributed by atoms with van der Waals surface area (Å²) in [5, 5.41) is 3.25. The van der Waals surface area contributed by atoms with Crippen LogP contribution in [0.1, 0.15) is 37.8 Å². The van der Waals surface area contributed by atoms with E-state index in [4.69, 9.17) is 21.1 Å². The number of halogens is 1. The molecular weight excluding hydrogens is 338 g/mol. The van der Waals surface area contributed by atoms with Gasteiger partial charge in [-0.25, -0.2) is 0 Å². The molecule has 2 aromatic rings. The maximum atomic E-state index is 12.4. The van der Waals surface area contributed by atoms with Gasteiger partial charge in [0.25, 0.3) is 5.91 Å². The Morgan fingerprint density at radius 2 is 1.80 bits per heavy atom. The summed E-state index contributed by atoms with van der Waals surface area (Å²) in [7, 11) is 1.55. The SMILES string of the molecule is COc1ccc(NC(=O)C(C)Oc2cc(C)ccc2C(C)C)cc1Cl. The third-order valence-electron chi connectivity index (χ3n) is 3.88. The van der Waals surface area contributed by atoms with Crippen LogP contribution in [0.25, 0.3) is 0 Å². The number of hydrogen-bond acceptors (Lipinski definition) is 3. The van der Waals surface area contributed by atoms with E-state index in [9.17, 15) is 4.79 Å². The molecule has 2 aromatic carbocycles. The normalized spacial score (nSPS) is 12.0. The molecule has 25 heavy (non-hydrogen) atoms. The van der Waals surface area contributed by atoms with E-state index in [0.717, 1.165) is 16.9 Å². The molecule has 1 N–H and O–H groups in total. The molecule has 0 saturated carbocycles. The van der Waals surface area contributed by atoms with Gasteiger partial charge in [-0.15, -0.1) is 0 Å². The fraction of sp³-hybridized carbons (Fsp3) is 0.350. The van der Waals surface area contributed by atoms with Crippen LogP contribution in [0.4, 0.5) is 5.69 Å². The first-order valence-corrected chi connectivity index (χ1v) is 8.61. The summed E-state index contributed by atoms with van der Waals surface area (Å²) in [4.78, 5) is 12.4. The van der Waals surface area contributed by atoms with Crippen LogP contribution < -0.4 is 14.8 Å². The van der Waals surface area contributed by atoms with E-state index >= 15 is 0 Å². The number of ether oxygens (including phenoxy) is 2. The smallest absolute Gasteiger partial charge is 0.265 e. The van der Waals surface area contributed by atoms with E-state index in [1.54, 1.807) is 32.2 Å². The molecule has 0 aliphatic rings. The summed E-state index contributed by atoms with van der Waals surface area (Å²) < 4.78 is 11.0. The number of methoxy groups -OCH3 is 1. The van der Waals surface area contributed by atoms with Crippen molar-refractivity contribution in [2.75, 3.05) is 12.4 Å². The van der Waals surface area contributed by atoms with Crippen LogP contribution in [0, 0.1) is 6.92 Å². The van der Waals surface area contributed by atoms with Crippen molar-refractivity contribution in [3.8, 4) is 11.5 Å². The Bertz CT molecular complexity index is 759. The second-order valence-corrected chi connectivity index (χ2v) is 6.70. The average molecular weight is 362 g/mol. The molecule has 1 amide bonds. The van der Waals surface area contributed by atoms with E-state index in [2.05, 4.69) is 19.2 Å². The quantitative estimate of drug-likeness (QED) is 0.770. The van der Waals surface area contributed by atoms with Gasteiger partial charge in [-0.3, -0.25) is 4.79 Å². The number of carbonyl (C=O) groups is 1. The predicted octanol–water partition coefficient (Wildman–Crippen LogP) is 5.19. The van der Waals surface area contributed by atoms with Gasteiger partial charge in [0.15, 0.2) is 6.10 Å². The average Bonchev–Trinajstić information content (AvgIpc) is 2.54. The Labute approximate surface area is 154 Å². The third kappa shape index (κ3) is 4.89. The monoisotopic (exact) mass is 361 g/mol. The number of nitrogens with one attached hydrogen (secondary N) is 1. The van der Waals surface area contributed by atoms with Gasteiger partial charge in [0.05, 0.1) is 12.1 Å². The second-order valence-electron chi connectivity index (χ2n) is 6.29. The Morgan fingerprint density at radius 1 is 1.08 bits per heavy atom. The van der Waals surface area contributed by atoms with Gasteiger partial charge in [0.2, 0.25) is 0 Å². The highest BCUT2D eigenvalue weighted by atomic mass is 35.5. The summed E-state index contributed by atoms with van der Waals surface area (Å²) in [5.41, 5.74) is 2.77. The summed E-state index contributed by atoms with van der Waals surface area (Å²) in [6.07, 6.45) is -0.639. The van der Waals surface area contributed by atoms with Crippen LogP contribution >= 0.6 is 11.6 Å².